The van der Waals surface area contributed by atoms with Crippen LogP contribution < -0.4 is 9.62 Å². The molecular formula is C24H31ClFN3O4S. The molecule has 0 saturated carbocycles. The summed E-state index contributed by atoms with van der Waals surface area (Å²) >= 11 is 6.00. The molecule has 0 saturated heterocycles. The molecule has 0 aromatic heterocycles. The Morgan fingerprint density at radius 3 is 2.35 bits per heavy atom. The second-order valence-electron chi connectivity index (χ2n) is 8.31. The lowest BCUT2D eigenvalue weighted by Crippen LogP contribution is -2.52. The molecule has 7 nitrogen and oxygen atoms in total. The summed E-state index contributed by atoms with van der Waals surface area (Å²) in [6.07, 6.45) is 1.69. The van der Waals surface area contributed by atoms with Gasteiger partial charge < -0.3 is 10.2 Å². The molecule has 0 bridgehead atoms. The van der Waals surface area contributed by atoms with Gasteiger partial charge in [0.1, 0.15) is 18.4 Å². The van der Waals surface area contributed by atoms with Crippen LogP contribution in [0, 0.1) is 12.7 Å². The van der Waals surface area contributed by atoms with Crippen LogP contribution in [0.2, 0.25) is 5.02 Å². The van der Waals surface area contributed by atoms with Gasteiger partial charge in [0, 0.05) is 23.2 Å². The Morgan fingerprint density at radius 1 is 1.15 bits per heavy atom. The van der Waals surface area contributed by atoms with E-state index in [-0.39, 0.29) is 18.2 Å². The predicted octanol–water partition coefficient (Wildman–Crippen LogP) is 3.89. The van der Waals surface area contributed by atoms with E-state index >= 15 is 0 Å². The fourth-order valence-electron chi connectivity index (χ4n) is 3.35. The molecule has 0 heterocycles. The zero-order chi connectivity index (χ0) is 25.6. The van der Waals surface area contributed by atoms with Crippen molar-refractivity contribution >= 4 is 39.1 Å². The maximum atomic E-state index is 14.4. The molecule has 0 aliphatic carbocycles. The molecule has 0 aliphatic rings. The van der Waals surface area contributed by atoms with E-state index in [0.717, 1.165) is 10.6 Å². The van der Waals surface area contributed by atoms with Gasteiger partial charge in [-0.2, -0.15) is 0 Å². The Hall–Kier alpha value is -2.65. The second-order valence-corrected chi connectivity index (χ2v) is 10.7. The topological polar surface area (TPSA) is 86.8 Å². The minimum absolute atomic E-state index is 0.121. The number of carbonyl (C=O) groups excluding carboxylic acids is 2. The fourth-order valence-corrected chi connectivity index (χ4v) is 4.49. The van der Waals surface area contributed by atoms with Crippen LogP contribution in [0.15, 0.2) is 42.5 Å². The Balaban J connectivity index is 2.43. The standard InChI is InChI=1S/C24H31ClFN3O4S/c1-6-17(3)27-24(31)18(4)28(14-19-9-7-8-10-21(19)26)23(30)15-29(34(5,32)33)22-12-11-20(25)13-16(22)2/h7-13,17-18H,6,14-15H2,1-5H3,(H,27,31)/t17-,18-/m1/s1. The van der Waals surface area contributed by atoms with E-state index < -0.39 is 40.2 Å². The molecule has 2 aromatic rings. The normalized spacial score (nSPS) is 13.1. The Labute approximate surface area is 205 Å². The van der Waals surface area contributed by atoms with Gasteiger partial charge in [-0.25, -0.2) is 12.8 Å². The van der Waals surface area contributed by atoms with Crippen molar-refractivity contribution in [3.8, 4) is 0 Å². The molecule has 2 atom stereocenters. The first kappa shape index (κ1) is 27.6. The number of halogens is 2. The van der Waals surface area contributed by atoms with Crippen molar-refractivity contribution in [1.29, 1.82) is 0 Å². The average Bonchev–Trinajstić information content (AvgIpc) is 2.76. The summed E-state index contributed by atoms with van der Waals surface area (Å²) in [6, 6.07) is 9.51. The van der Waals surface area contributed by atoms with E-state index in [4.69, 9.17) is 11.6 Å². The van der Waals surface area contributed by atoms with Gasteiger partial charge in [-0.15, -0.1) is 0 Å². The molecule has 0 spiro atoms. The van der Waals surface area contributed by atoms with Crippen molar-refractivity contribution in [2.75, 3.05) is 17.1 Å². The highest BCUT2D eigenvalue weighted by Gasteiger charge is 2.31. The van der Waals surface area contributed by atoms with Crippen molar-refractivity contribution in [3.05, 3.63) is 64.4 Å². The number of sulfonamides is 1. The Bertz CT molecular complexity index is 1140. The molecule has 186 valence electrons. The average molecular weight is 512 g/mol. The lowest BCUT2D eigenvalue weighted by Gasteiger charge is -2.32. The first-order chi connectivity index (χ1) is 15.8. The lowest BCUT2D eigenvalue weighted by molar-refractivity contribution is -0.139. The van der Waals surface area contributed by atoms with E-state index in [1.54, 1.807) is 19.1 Å². The number of hydrogen-bond donors (Lipinski definition) is 1. The fraction of sp³-hybridized carbons (Fsp3) is 0.417. The van der Waals surface area contributed by atoms with Crippen LogP contribution in [0.4, 0.5) is 10.1 Å². The van der Waals surface area contributed by atoms with Gasteiger partial charge >= 0.3 is 0 Å². The molecule has 1 N–H and O–H groups in total. The third-order valence-corrected chi connectivity index (χ3v) is 6.94. The SMILES string of the molecule is CC[C@@H](C)NC(=O)[C@@H](C)N(Cc1ccccc1F)C(=O)CN(c1ccc(Cl)cc1C)S(C)(=O)=O. The van der Waals surface area contributed by atoms with Crippen LogP contribution in [0.1, 0.15) is 38.3 Å². The Morgan fingerprint density at radius 2 is 1.79 bits per heavy atom. The monoisotopic (exact) mass is 511 g/mol. The first-order valence-corrected chi connectivity index (χ1v) is 13.1. The molecule has 0 radical (unpaired) electrons. The zero-order valence-corrected chi connectivity index (χ0v) is 21.6. The van der Waals surface area contributed by atoms with E-state index in [1.807, 2.05) is 13.8 Å². The van der Waals surface area contributed by atoms with E-state index in [9.17, 15) is 22.4 Å². The summed E-state index contributed by atoms with van der Waals surface area (Å²) in [5.41, 5.74) is 1.07. The number of benzene rings is 2. The second kappa shape index (κ2) is 11.7. The van der Waals surface area contributed by atoms with Crippen LogP contribution in [-0.4, -0.2) is 50.0 Å². The summed E-state index contributed by atoms with van der Waals surface area (Å²) in [6.45, 7) is 6.21. The molecule has 10 heteroatoms. The molecule has 0 unspecified atom stereocenters. The molecule has 2 rings (SSSR count). The highest BCUT2D eigenvalue weighted by molar-refractivity contribution is 7.92. The van der Waals surface area contributed by atoms with E-state index in [1.165, 1.54) is 42.2 Å². The van der Waals surface area contributed by atoms with Crippen LogP contribution in [-0.2, 0) is 26.2 Å². The minimum atomic E-state index is -3.86. The molecule has 34 heavy (non-hydrogen) atoms. The summed E-state index contributed by atoms with van der Waals surface area (Å²) in [5, 5.41) is 3.25. The van der Waals surface area contributed by atoms with Gasteiger partial charge in [-0.05, 0) is 57.0 Å². The van der Waals surface area contributed by atoms with Gasteiger partial charge in [0.05, 0.1) is 11.9 Å². The highest BCUT2D eigenvalue weighted by Crippen LogP contribution is 2.26. The number of hydrogen-bond acceptors (Lipinski definition) is 4. The maximum absolute atomic E-state index is 14.4. The van der Waals surface area contributed by atoms with Crippen LogP contribution in [0.25, 0.3) is 0 Å². The van der Waals surface area contributed by atoms with Gasteiger partial charge in [-0.3, -0.25) is 13.9 Å². The summed E-state index contributed by atoms with van der Waals surface area (Å²) in [4.78, 5) is 27.5. The molecule has 2 amide bonds. The van der Waals surface area contributed by atoms with Crippen LogP contribution in [0.3, 0.4) is 0 Å². The zero-order valence-electron chi connectivity index (χ0n) is 20.0. The number of amides is 2. The lowest BCUT2D eigenvalue weighted by atomic mass is 10.1. The quantitative estimate of drug-likeness (QED) is 0.524. The molecule has 0 aliphatic heterocycles. The van der Waals surface area contributed by atoms with Gasteiger partial charge in [0.15, 0.2) is 0 Å². The first-order valence-electron chi connectivity index (χ1n) is 10.9. The van der Waals surface area contributed by atoms with Crippen LogP contribution in [0.5, 0.6) is 0 Å². The number of carbonyl (C=O) groups is 2. The van der Waals surface area contributed by atoms with Crippen molar-refractivity contribution < 1.29 is 22.4 Å². The third-order valence-electron chi connectivity index (χ3n) is 5.57. The van der Waals surface area contributed by atoms with E-state index in [0.29, 0.717) is 22.7 Å². The van der Waals surface area contributed by atoms with Gasteiger partial charge in [-0.1, -0.05) is 36.7 Å². The summed E-state index contributed by atoms with van der Waals surface area (Å²) in [7, 11) is -3.86. The van der Waals surface area contributed by atoms with Crippen molar-refractivity contribution in [1.82, 2.24) is 10.2 Å². The minimum Gasteiger partial charge on any atom is -0.352 e. The maximum Gasteiger partial charge on any atom is 0.244 e. The van der Waals surface area contributed by atoms with Crippen molar-refractivity contribution in [2.24, 2.45) is 0 Å². The third kappa shape index (κ3) is 7.17. The van der Waals surface area contributed by atoms with Gasteiger partial charge in [0.25, 0.3) is 0 Å². The van der Waals surface area contributed by atoms with Gasteiger partial charge in [0.2, 0.25) is 21.8 Å². The molecular weight excluding hydrogens is 481 g/mol. The van der Waals surface area contributed by atoms with E-state index in [2.05, 4.69) is 5.32 Å². The molecule has 0 fully saturated rings. The largest absolute Gasteiger partial charge is 0.352 e. The van der Waals surface area contributed by atoms with Crippen molar-refractivity contribution in [2.45, 2.75) is 52.7 Å². The molecule has 2 aromatic carbocycles. The number of nitrogens with one attached hydrogen (secondary N) is 1. The predicted molar refractivity (Wildman–Crippen MR) is 133 cm³/mol. The smallest absolute Gasteiger partial charge is 0.244 e. The van der Waals surface area contributed by atoms with Crippen LogP contribution >= 0.6 is 11.6 Å². The summed E-state index contributed by atoms with van der Waals surface area (Å²) < 4.78 is 40.6. The number of rotatable bonds is 10. The highest BCUT2D eigenvalue weighted by atomic mass is 35.5. The van der Waals surface area contributed by atoms with Crippen molar-refractivity contribution in [3.63, 3.8) is 0 Å². The number of nitrogens with zero attached hydrogens (tertiary/aromatic N) is 2. The number of aryl methyl sites for hydroxylation is 1. The summed E-state index contributed by atoms with van der Waals surface area (Å²) in [5.74, 6) is -1.58. The number of anilines is 1. The Kier molecular flexibility index (Phi) is 9.46.